The molecule has 1 fully saturated rings. The van der Waals surface area contributed by atoms with Crippen molar-refractivity contribution in [1.82, 2.24) is 10.3 Å². The Morgan fingerprint density at radius 3 is 2.76 bits per heavy atom. The number of aryl methyl sites for hydroxylation is 1. The zero-order chi connectivity index (χ0) is 15.1. The number of pyridine rings is 1. The van der Waals surface area contributed by atoms with Crippen molar-refractivity contribution in [2.24, 2.45) is 0 Å². The van der Waals surface area contributed by atoms with Crippen molar-refractivity contribution in [2.45, 2.75) is 52.1 Å². The van der Waals surface area contributed by atoms with E-state index in [1.54, 1.807) is 7.11 Å². The average molecular weight is 291 g/mol. The maximum Gasteiger partial charge on any atom is 0.129 e. The van der Waals surface area contributed by atoms with Crippen LogP contribution >= 0.6 is 0 Å². The summed E-state index contributed by atoms with van der Waals surface area (Å²) in [7, 11) is 1.75. The van der Waals surface area contributed by atoms with Crippen molar-refractivity contribution in [1.29, 1.82) is 0 Å². The molecule has 1 saturated carbocycles. The minimum Gasteiger partial charge on any atom is -0.383 e. The van der Waals surface area contributed by atoms with Gasteiger partial charge in [-0.05, 0) is 43.9 Å². The van der Waals surface area contributed by atoms with Crippen molar-refractivity contribution in [3.63, 3.8) is 0 Å². The SMILES string of the molecule is CCCc1cc(CNC2CC2)cc(N(CC)CCOC)n1. The number of anilines is 1. The number of nitrogens with zero attached hydrogens (tertiary/aromatic N) is 2. The van der Waals surface area contributed by atoms with Gasteiger partial charge in [0.15, 0.2) is 0 Å². The van der Waals surface area contributed by atoms with Crippen LogP contribution in [-0.2, 0) is 17.7 Å². The highest BCUT2D eigenvalue weighted by atomic mass is 16.5. The smallest absolute Gasteiger partial charge is 0.129 e. The third kappa shape index (κ3) is 5.29. The molecule has 0 unspecified atom stereocenters. The van der Waals surface area contributed by atoms with Crippen LogP contribution in [0, 0.1) is 0 Å². The van der Waals surface area contributed by atoms with Crippen molar-refractivity contribution in [3.05, 3.63) is 23.4 Å². The number of methoxy groups -OCH3 is 1. The van der Waals surface area contributed by atoms with Crippen LogP contribution in [0.1, 0.15) is 44.4 Å². The molecule has 118 valence electrons. The van der Waals surface area contributed by atoms with Gasteiger partial charge in [-0.2, -0.15) is 0 Å². The molecular formula is C17H29N3O. The standard InChI is InChI=1S/C17H29N3O/c1-4-6-16-11-14(13-18-15-7-8-15)12-17(19-16)20(5-2)9-10-21-3/h11-12,15,18H,4-10,13H2,1-3H3. The predicted octanol–water partition coefficient (Wildman–Crippen LogP) is 2.76. The summed E-state index contributed by atoms with van der Waals surface area (Å²) >= 11 is 0. The lowest BCUT2D eigenvalue weighted by Crippen LogP contribution is -2.28. The first-order chi connectivity index (χ1) is 10.3. The number of rotatable bonds is 10. The lowest BCUT2D eigenvalue weighted by atomic mass is 10.1. The van der Waals surface area contributed by atoms with Crippen LogP contribution in [0.2, 0.25) is 0 Å². The fourth-order valence-electron chi connectivity index (χ4n) is 2.47. The van der Waals surface area contributed by atoms with E-state index in [1.165, 1.54) is 24.1 Å². The third-order valence-corrected chi connectivity index (χ3v) is 3.87. The molecule has 0 amide bonds. The fraction of sp³-hybridized carbons (Fsp3) is 0.706. The maximum absolute atomic E-state index is 5.21. The monoisotopic (exact) mass is 291 g/mol. The van der Waals surface area contributed by atoms with Gasteiger partial charge < -0.3 is 15.0 Å². The van der Waals surface area contributed by atoms with E-state index >= 15 is 0 Å². The van der Waals surface area contributed by atoms with E-state index in [0.717, 1.165) is 50.9 Å². The molecule has 0 bridgehead atoms. The molecule has 4 nitrogen and oxygen atoms in total. The van der Waals surface area contributed by atoms with Gasteiger partial charge in [-0.3, -0.25) is 0 Å². The van der Waals surface area contributed by atoms with Crippen molar-refractivity contribution >= 4 is 5.82 Å². The summed E-state index contributed by atoms with van der Waals surface area (Å²) in [6.45, 7) is 7.93. The van der Waals surface area contributed by atoms with Gasteiger partial charge in [0.1, 0.15) is 5.82 Å². The van der Waals surface area contributed by atoms with Gasteiger partial charge >= 0.3 is 0 Å². The van der Waals surface area contributed by atoms with Crippen LogP contribution in [0.3, 0.4) is 0 Å². The minimum atomic E-state index is 0.739. The molecule has 0 aromatic carbocycles. The van der Waals surface area contributed by atoms with Gasteiger partial charge in [0.25, 0.3) is 0 Å². The van der Waals surface area contributed by atoms with Crippen LogP contribution in [0.4, 0.5) is 5.82 Å². The Labute approximate surface area is 128 Å². The predicted molar refractivity (Wildman–Crippen MR) is 87.9 cm³/mol. The Hall–Kier alpha value is -1.13. The van der Waals surface area contributed by atoms with E-state index in [1.807, 2.05) is 0 Å². The first-order valence-corrected chi connectivity index (χ1v) is 8.23. The molecular weight excluding hydrogens is 262 g/mol. The van der Waals surface area contributed by atoms with Gasteiger partial charge in [-0.15, -0.1) is 0 Å². The van der Waals surface area contributed by atoms with E-state index in [9.17, 15) is 0 Å². The largest absolute Gasteiger partial charge is 0.383 e. The van der Waals surface area contributed by atoms with Gasteiger partial charge in [0, 0.05) is 38.5 Å². The molecule has 1 heterocycles. The molecule has 0 radical (unpaired) electrons. The molecule has 21 heavy (non-hydrogen) atoms. The van der Waals surface area contributed by atoms with Gasteiger partial charge in [-0.25, -0.2) is 4.98 Å². The number of aromatic nitrogens is 1. The highest BCUT2D eigenvalue weighted by Gasteiger charge is 2.20. The van der Waals surface area contributed by atoms with Crippen molar-refractivity contribution < 1.29 is 4.74 Å². The first-order valence-electron chi connectivity index (χ1n) is 8.23. The quantitative estimate of drug-likeness (QED) is 0.719. The Morgan fingerprint density at radius 1 is 1.33 bits per heavy atom. The molecule has 1 aromatic rings. The van der Waals surface area contributed by atoms with Crippen LogP contribution in [0.5, 0.6) is 0 Å². The van der Waals surface area contributed by atoms with Crippen molar-refractivity contribution in [3.8, 4) is 0 Å². The highest BCUT2D eigenvalue weighted by molar-refractivity contribution is 5.43. The van der Waals surface area contributed by atoms with Crippen molar-refractivity contribution in [2.75, 3.05) is 31.7 Å². The van der Waals surface area contributed by atoms with Gasteiger partial charge in [0.2, 0.25) is 0 Å². The highest BCUT2D eigenvalue weighted by Crippen LogP contribution is 2.21. The lowest BCUT2D eigenvalue weighted by Gasteiger charge is -2.23. The van der Waals surface area contributed by atoms with Crippen LogP contribution < -0.4 is 10.2 Å². The Balaban J connectivity index is 2.11. The summed E-state index contributed by atoms with van der Waals surface area (Å²) in [5.74, 6) is 1.09. The summed E-state index contributed by atoms with van der Waals surface area (Å²) in [5.41, 5.74) is 2.56. The molecule has 4 heteroatoms. The zero-order valence-electron chi connectivity index (χ0n) is 13.7. The number of hydrogen-bond donors (Lipinski definition) is 1. The number of likely N-dealkylation sites (N-methyl/N-ethyl adjacent to an activating group) is 1. The van der Waals surface area contributed by atoms with Gasteiger partial charge in [0.05, 0.1) is 6.61 Å². The number of nitrogens with one attached hydrogen (secondary N) is 1. The molecule has 1 aromatic heterocycles. The van der Waals surface area contributed by atoms with E-state index < -0.39 is 0 Å². The maximum atomic E-state index is 5.21. The van der Waals surface area contributed by atoms with Crippen LogP contribution in [0.25, 0.3) is 0 Å². The summed E-state index contributed by atoms with van der Waals surface area (Å²) in [6.07, 6.45) is 4.84. The molecule has 0 spiro atoms. The Bertz CT molecular complexity index is 432. The van der Waals surface area contributed by atoms with Crippen LogP contribution in [0.15, 0.2) is 12.1 Å². The second-order valence-corrected chi connectivity index (χ2v) is 5.80. The lowest BCUT2D eigenvalue weighted by molar-refractivity contribution is 0.205. The minimum absolute atomic E-state index is 0.739. The topological polar surface area (TPSA) is 37.4 Å². The Morgan fingerprint density at radius 2 is 2.14 bits per heavy atom. The number of ether oxygens (including phenoxy) is 1. The summed E-state index contributed by atoms with van der Waals surface area (Å²) < 4.78 is 5.21. The zero-order valence-corrected chi connectivity index (χ0v) is 13.7. The fourth-order valence-corrected chi connectivity index (χ4v) is 2.47. The molecule has 1 aliphatic rings. The summed E-state index contributed by atoms with van der Waals surface area (Å²) in [4.78, 5) is 7.13. The first kappa shape index (κ1) is 16.2. The van der Waals surface area contributed by atoms with E-state index in [2.05, 4.69) is 36.2 Å². The van der Waals surface area contributed by atoms with Crippen LogP contribution in [-0.4, -0.2) is 37.8 Å². The molecule has 1 N–H and O–H groups in total. The second kappa shape index (κ2) is 8.35. The number of hydrogen-bond acceptors (Lipinski definition) is 4. The molecule has 0 saturated heterocycles. The molecule has 1 aliphatic carbocycles. The van der Waals surface area contributed by atoms with E-state index in [4.69, 9.17) is 9.72 Å². The Kier molecular flexibility index (Phi) is 6.46. The van der Waals surface area contributed by atoms with E-state index in [-0.39, 0.29) is 0 Å². The summed E-state index contributed by atoms with van der Waals surface area (Å²) in [5, 5.41) is 3.60. The molecule has 2 rings (SSSR count). The third-order valence-electron chi connectivity index (χ3n) is 3.87. The normalized spacial score (nSPS) is 14.4. The molecule has 0 aliphatic heterocycles. The molecule has 0 atom stereocenters. The average Bonchev–Trinajstić information content (AvgIpc) is 3.30. The second-order valence-electron chi connectivity index (χ2n) is 5.80. The van der Waals surface area contributed by atoms with Gasteiger partial charge in [-0.1, -0.05) is 13.3 Å². The summed E-state index contributed by atoms with van der Waals surface area (Å²) in [6, 6.07) is 5.23. The van der Waals surface area contributed by atoms with E-state index in [0.29, 0.717) is 0 Å².